The smallest absolute Gasteiger partial charge is 0.325 e. The van der Waals surface area contributed by atoms with Gasteiger partial charge in [0.15, 0.2) is 0 Å². The first-order valence-corrected chi connectivity index (χ1v) is 8.97. The Kier molecular flexibility index (Phi) is 4.98. The Morgan fingerprint density at radius 2 is 1.88 bits per heavy atom. The van der Waals surface area contributed by atoms with Gasteiger partial charge in [-0.05, 0) is 50.3 Å². The maximum atomic E-state index is 13.2. The van der Waals surface area contributed by atoms with Crippen LogP contribution in [0.1, 0.15) is 51.1 Å². The van der Waals surface area contributed by atoms with Crippen molar-refractivity contribution in [3.8, 4) is 0 Å². The Morgan fingerprint density at radius 1 is 1.27 bits per heavy atom. The number of amides is 4. The Balaban J connectivity index is 1.72. The van der Waals surface area contributed by atoms with Gasteiger partial charge >= 0.3 is 6.03 Å². The van der Waals surface area contributed by atoms with E-state index in [0.29, 0.717) is 0 Å². The molecular weight excluding hydrogens is 337 g/mol. The SMILES string of the molecule is CC1(C)NC(=O)N(CC(=O)N[C@@H](c2ccc(F)cc2)C2CCCC2)C1=O. The van der Waals surface area contributed by atoms with Gasteiger partial charge in [-0.3, -0.25) is 14.5 Å². The molecule has 2 N–H and O–H groups in total. The second kappa shape index (κ2) is 7.05. The van der Waals surface area contributed by atoms with E-state index >= 15 is 0 Å². The van der Waals surface area contributed by atoms with Crippen LogP contribution in [0.5, 0.6) is 0 Å². The third kappa shape index (κ3) is 3.71. The highest BCUT2D eigenvalue weighted by Crippen LogP contribution is 2.35. The van der Waals surface area contributed by atoms with Gasteiger partial charge in [0, 0.05) is 0 Å². The number of rotatable bonds is 5. The Labute approximate surface area is 152 Å². The van der Waals surface area contributed by atoms with E-state index < -0.39 is 23.4 Å². The third-order valence-electron chi connectivity index (χ3n) is 5.16. The average molecular weight is 361 g/mol. The molecule has 2 fully saturated rings. The molecule has 1 aromatic carbocycles. The number of nitrogens with one attached hydrogen (secondary N) is 2. The van der Waals surface area contributed by atoms with Crippen molar-refractivity contribution in [1.29, 1.82) is 0 Å². The molecule has 0 bridgehead atoms. The number of benzene rings is 1. The molecule has 1 atom stereocenters. The monoisotopic (exact) mass is 361 g/mol. The van der Waals surface area contributed by atoms with E-state index in [1.807, 2.05) is 0 Å². The molecule has 1 aliphatic carbocycles. The van der Waals surface area contributed by atoms with Crippen LogP contribution in [0.25, 0.3) is 0 Å². The summed E-state index contributed by atoms with van der Waals surface area (Å²) in [6, 6.07) is 5.30. The predicted molar refractivity (Wildman–Crippen MR) is 93.6 cm³/mol. The van der Waals surface area contributed by atoms with Crippen LogP contribution in [0.15, 0.2) is 24.3 Å². The fourth-order valence-corrected chi connectivity index (χ4v) is 3.76. The van der Waals surface area contributed by atoms with Crippen LogP contribution in [-0.2, 0) is 9.59 Å². The minimum absolute atomic E-state index is 0.251. The van der Waals surface area contributed by atoms with Crippen LogP contribution < -0.4 is 10.6 Å². The van der Waals surface area contributed by atoms with Gasteiger partial charge in [-0.2, -0.15) is 0 Å². The molecule has 4 amide bonds. The first kappa shape index (κ1) is 18.4. The lowest BCUT2D eigenvalue weighted by atomic mass is 9.91. The van der Waals surface area contributed by atoms with Gasteiger partial charge in [0.1, 0.15) is 17.9 Å². The number of hydrogen-bond donors (Lipinski definition) is 2. The van der Waals surface area contributed by atoms with Crippen molar-refractivity contribution in [2.75, 3.05) is 6.54 Å². The van der Waals surface area contributed by atoms with Gasteiger partial charge in [-0.1, -0.05) is 25.0 Å². The van der Waals surface area contributed by atoms with Gasteiger partial charge in [0.25, 0.3) is 5.91 Å². The van der Waals surface area contributed by atoms with Crippen molar-refractivity contribution in [3.63, 3.8) is 0 Å². The molecular formula is C19H24FN3O3. The quantitative estimate of drug-likeness (QED) is 0.791. The molecule has 1 saturated carbocycles. The van der Waals surface area contributed by atoms with Crippen molar-refractivity contribution in [2.24, 2.45) is 5.92 Å². The molecule has 0 radical (unpaired) electrons. The highest BCUT2D eigenvalue weighted by atomic mass is 19.1. The summed E-state index contributed by atoms with van der Waals surface area (Å²) in [4.78, 5) is 37.7. The van der Waals surface area contributed by atoms with E-state index in [9.17, 15) is 18.8 Å². The van der Waals surface area contributed by atoms with Crippen molar-refractivity contribution in [2.45, 2.75) is 51.1 Å². The highest BCUT2D eigenvalue weighted by molar-refractivity contribution is 6.08. The summed E-state index contributed by atoms with van der Waals surface area (Å²) < 4.78 is 13.2. The summed E-state index contributed by atoms with van der Waals surface area (Å²) in [5, 5.41) is 5.52. The molecule has 140 valence electrons. The number of imide groups is 1. The zero-order valence-electron chi connectivity index (χ0n) is 15.0. The van der Waals surface area contributed by atoms with Crippen LogP contribution in [0.2, 0.25) is 0 Å². The maximum Gasteiger partial charge on any atom is 0.325 e. The fourth-order valence-electron chi connectivity index (χ4n) is 3.76. The Morgan fingerprint density at radius 3 is 2.42 bits per heavy atom. The van der Waals surface area contributed by atoms with Gasteiger partial charge < -0.3 is 10.6 Å². The minimum atomic E-state index is -1.00. The van der Waals surface area contributed by atoms with Gasteiger partial charge in [0.2, 0.25) is 5.91 Å². The van der Waals surface area contributed by atoms with Gasteiger partial charge in [-0.15, -0.1) is 0 Å². The molecule has 2 aliphatic rings. The number of nitrogens with zero attached hydrogens (tertiary/aromatic N) is 1. The zero-order chi connectivity index (χ0) is 18.9. The second-order valence-electron chi connectivity index (χ2n) is 7.59. The van der Waals surface area contributed by atoms with Crippen molar-refractivity contribution in [3.05, 3.63) is 35.6 Å². The average Bonchev–Trinajstić information content (AvgIpc) is 3.17. The summed E-state index contributed by atoms with van der Waals surface area (Å²) in [6.45, 7) is 2.88. The molecule has 7 heteroatoms. The first-order valence-electron chi connectivity index (χ1n) is 8.97. The van der Waals surface area contributed by atoms with E-state index in [4.69, 9.17) is 0 Å². The maximum absolute atomic E-state index is 13.2. The van der Waals surface area contributed by atoms with E-state index in [2.05, 4.69) is 10.6 Å². The van der Waals surface area contributed by atoms with E-state index in [1.165, 1.54) is 12.1 Å². The lowest BCUT2D eigenvalue weighted by Gasteiger charge is -2.26. The Bertz CT molecular complexity index is 711. The number of carbonyl (C=O) groups is 3. The van der Waals surface area contributed by atoms with Crippen LogP contribution in [0.3, 0.4) is 0 Å². The van der Waals surface area contributed by atoms with Gasteiger partial charge in [0.05, 0.1) is 6.04 Å². The molecule has 3 rings (SSSR count). The number of carbonyl (C=O) groups excluding carboxylic acids is 3. The first-order chi connectivity index (χ1) is 12.3. The summed E-state index contributed by atoms with van der Waals surface area (Å²) in [6.07, 6.45) is 4.16. The van der Waals surface area contributed by atoms with Crippen LogP contribution in [0.4, 0.5) is 9.18 Å². The molecule has 6 nitrogen and oxygen atoms in total. The molecule has 26 heavy (non-hydrogen) atoms. The molecule has 1 aliphatic heterocycles. The normalized spacial score (nSPS) is 21.0. The molecule has 1 aromatic rings. The molecule has 0 unspecified atom stereocenters. The fraction of sp³-hybridized carbons (Fsp3) is 0.526. The molecule has 1 heterocycles. The zero-order valence-corrected chi connectivity index (χ0v) is 15.0. The van der Waals surface area contributed by atoms with Crippen molar-refractivity contribution < 1.29 is 18.8 Å². The van der Waals surface area contributed by atoms with Crippen molar-refractivity contribution in [1.82, 2.24) is 15.5 Å². The van der Waals surface area contributed by atoms with E-state index in [1.54, 1.807) is 26.0 Å². The van der Waals surface area contributed by atoms with Crippen LogP contribution in [-0.4, -0.2) is 34.8 Å². The highest BCUT2D eigenvalue weighted by Gasteiger charge is 2.45. The number of hydrogen-bond acceptors (Lipinski definition) is 3. The molecule has 0 spiro atoms. The second-order valence-corrected chi connectivity index (χ2v) is 7.59. The van der Waals surface area contributed by atoms with Crippen LogP contribution in [0, 0.1) is 11.7 Å². The van der Waals surface area contributed by atoms with Crippen LogP contribution >= 0.6 is 0 Å². The minimum Gasteiger partial charge on any atom is -0.347 e. The summed E-state index contributed by atoms with van der Waals surface area (Å²) in [5.74, 6) is -0.875. The summed E-state index contributed by atoms with van der Waals surface area (Å²) in [7, 11) is 0. The number of urea groups is 1. The van der Waals surface area contributed by atoms with E-state index in [-0.39, 0.29) is 24.3 Å². The molecule has 0 aromatic heterocycles. The predicted octanol–water partition coefficient (Wildman–Crippen LogP) is 2.50. The summed E-state index contributed by atoms with van der Waals surface area (Å²) >= 11 is 0. The lowest BCUT2D eigenvalue weighted by Crippen LogP contribution is -2.44. The molecule has 1 saturated heterocycles. The van der Waals surface area contributed by atoms with Crippen molar-refractivity contribution >= 4 is 17.8 Å². The van der Waals surface area contributed by atoms with E-state index in [0.717, 1.165) is 36.1 Å². The number of halogens is 1. The topological polar surface area (TPSA) is 78.5 Å². The standard InChI is InChI=1S/C19H24FN3O3/c1-19(2)17(25)23(18(26)22-19)11-15(24)21-16(12-5-3-4-6-12)13-7-9-14(20)10-8-13/h7-10,12,16H,3-6,11H2,1-2H3,(H,21,24)(H,22,26)/t16-/m1/s1. The largest absolute Gasteiger partial charge is 0.347 e. The lowest BCUT2D eigenvalue weighted by molar-refractivity contribution is -0.134. The van der Waals surface area contributed by atoms with Gasteiger partial charge in [-0.25, -0.2) is 9.18 Å². The summed E-state index contributed by atoms with van der Waals surface area (Å²) in [5.41, 5.74) is -0.164. The third-order valence-corrected chi connectivity index (χ3v) is 5.16. The Hall–Kier alpha value is -2.44.